The molecule has 0 amide bonds. The van der Waals surface area contributed by atoms with E-state index in [9.17, 15) is 0 Å². The first kappa shape index (κ1) is 37.9. The number of benzene rings is 2. The summed E-state index contributed by atoms with van der Waals surface area (Å²) in [6.07, 6.45) is 14.5. The average Bonchev–Trinajstić information content (AvgIpc) is 3.79. The van der Waals surface area contributed by atoms with Crippen molar-refractivity contribution >= 4 is 31.8 Å². The van der Waals surface area contributed by atoms with Gasteiger partial charge in [0.25, 0.3) is 0 Å². The van der Waals surface area contributed by atoms with Crippen molar-refractivity contribution in [1.82, 2.24) is 0 Å². The van der Waals surface area contributed by atoms with E-state index in [1.165, 1.54) is 97.1 Å². The van der Waals surface area contributed by atoms with Crippen molar-refractivity contribution in [3.05, 3.63) is 101 Å². The quantitative estimate of drug-likeness (QED) is 0.0978. The van der Waals surface area contributed by atoms with Gasteiger partial charge in [-0.25, -0.2) is 24.3 Å². The second-order valence-electron chi connectivity index (χ2n) is 13.6. The number of hydrogen-bond acceptors (Lipinski definition) is 2. The Balaban J connectivity index is 0.000000762. The first-order valence-electron chi connectivity index (χ1n) is 17.6. The van der Waals surface area contributed by atoms with E-state index < -0.39 is 7.92 Å². The van der Waals surface area contributed by atoms with Crippen molar-refractivity contribution in [2.45, 2.75) is 116 Å². The smallest absolute Gasteiger partial charge is 0.496 e. The van der Waals surface area contributed by atoms with Crippen LogP contribution in [0.3, 0.4) is 0 Å². The van der Waals surface area contributed by atoms with Crippen molar-refractivity contribution in [3.63, 3.8) is 0 Å². The van der Waals surface area contributed by atoms with Crippen LogP contribution in [0.4, 0.5) is 0 Å². The standard InChI is InChI=1S/C37H51O2P2.C5H5.Fe/c1-25-21-32(22-26(2)36(25)38-6)41(33-23-27(3)37(39-7)28(4)24-33)35-20-14-19-34(35)29(5)40(30-15-10-8-11-16-30)31-17-12-9-13-18-31;1-2-4-5-3-1;/h14,19-24,29-31H,8-13,15-18H2,1-7H3;1-5H;/q2*-1;+2. The molecule has 1 atom stereocenters. The maximum atomic E-state index is 5.80. The summed E-state index contributed by atoms with van der Waals surface area (Å²) in [5.41, 5.74) is 9.08. The largest absolute Gasteiger partial charge is 2.00 e. The number of aryl methyl sites for hydroxylation is 4. The van der Waals surface area contributed by atoms with E-state index in [1.807, 2.05) is 30.3 Å². The molecule has 0 spiro atoms. The molecule has 47 heavy (non-hydrogen) atoms. The molecule has 2 aliphatic carbocycles. The van der Waals surface area contributed by atoms with Gasteiger partial charge in [0, 0.05) is 0 Å². The van der Waals surface area contributed by atoms with E-state index >= 15 is 0 Å². The molecule has 0 heterocycles. The summed E-state index contributed by atoms with van der Waals surface area (Å²) < 4.78 is 11.6. The molecule has 1 unspecified atom stereocenters. The normalized spacial score (nSPS) is 16.4. The summed E-state index contributed by atoms with van der Waals surface area (Å²) in [7, 11) is 2.81. The van der Waals surface area contributed by atoms with Gasteiger partial charge in [-0.05, 0) is 135 Å². The second kappa shape index (κ2) is 18.2. The Morgan fingerprint density at radius 3 is 1.47 bits per heavy atom. The first-order valence-corrected chi connectivity index (χ1v) is 20.5. The predicted molar refractivity (Wildman–Crippen MR) is 204 cm³/mol. The van der Waals surface area contributed by atoms with Crippen LogP contribution >= 0.6 is 15.8 Å². The number of hydrogen-bond donors (Lipinski definition) is 0. The third-order valence-electron chi connectivity index (χ3n) is 10.3. The van der Waals surface area contributed by atoms with Gasteiger partial charge in [0.2, 0.25) is 0 Å². The first-order chi connectivity index (χ1) is 22.3. The Morgan fingerprint density at radius 1 is 0.681 bits per heavy atom. The van der Waals surface area contributed by atoms with Crippen LogP contribution in [0.5, 0.6) is 11.5 Å². The van der Waals surface area contributed by atoms with Crippen LogP contribution in [-0.2, 0) is 17.1 Å². The van der Waals surface area contributed by atoms with Crippen LogP contribution in [0.2, 0.25) is 0 Å². The van der Waals surface area contributed by atoms with Crippen LogP contribution in [0.1, 0.15) is 105 Å². The monoisotopic (exact) mass is 710 g/mol. The summed E-state index contributed by atoms with van der Waals surface area (Å²) in [5, 5.41) is 4.43. The van der Waals surface area contributed by atoms with Gasteiger partial charge >= 0.3 is 17.1 Å². The van der Waals surface area contributed by atoms with Crippen molar-refractivity contribution in [2.75, 3.05) is 14.2 Å². The number of rotatable bonds is 9. The van der Waals surface area contributed by atoms with E-state index in [1.54, 1.807) is 25.1 Å². The van der Waals surface area contributed by atoms with Crippen LogP contribution in [0, 0.1) is 27.7 Å². The predicted octanol–water partition coefficient (Wildman–Crippen LogP) is 11.0. The minimum atomic E-state index is -0.722. The Hall–Kier alpha value is -1.88. The number of ether oxygens (including phenoxy) is 2. The van der Waals surface area contributed by atoms with Gasteiger partial charge in [0.1, 0.15) is 11.5 Å². The van der Waals surface area contributed by atoms with E-state index in [2.05, 4.69) is 77.1 Å². The summed E-state index contributed by atoms with van der Waals surface area (Å²) in [6.45, 7) is 11.4. The average molecular weight is 711 g/mol. The molecule has 2 saturated carbocycles. The molecular formula is C42H56FeO2P2. The zero-order valence-electron chi connectivity index (χ0n) is 29.8. The minimum absolute atomic E-state index is 0. The molecule has 0 bridgehead atoms. The Labute approximate surface area is 299 Å². The molecular weight excluding hydrogens is 654 g/mol. The van der Waals surface area contributed by atoms with Crippen LogP contribution in [0.25, 0.3) is 0 Å². The molecule has 6 rings (SSSR count). The molecule has 0 radical (unpaired) electrons. The minimum Gasteiger partial charge on any atom is -0.496 e. The topological polar surface area (TPSA) is 18.5 Å². The zero-order chi connectivity index (χ0) is 32.6. The molecule has 2 aliphatic rings. The molecule has 0 aliphatic heterocycles. The van der Waals surface area contributed by atoms with E-state index in [0.29, 0.717) is 5.66 Å². The van der Waals surface area contributed by atoms with Crippen molar-refractivity contribution < 1.29 is 26.5 Å². The van der Waals surface area contributed by atoms with Gasteiger partial charge in [0.15, 0.2) is 0 Å². The van der Waals surface area contributed by atoms with Gasteiger partial charge in [-0.15, -0.1) is 18.8 Å². The molecule has 2 fully saturated rings. The van der Waals surface area contributed by atoms with E-state index in [0.717, 1.165) is 22.8 Å². The Kier molecular flexibility index (Phi) is 14.7. The fourth-order valence-corrected chi connectivity index (χ4v) is 15.7. The molecule has 0 N–H and O–H groups in total. The van der Waals surface area contributed by atoms with E-state index in [4.69, 9.17) is 9.47 Å². The van der Waals surface area contributed by atoms with E-state index in [-0.39, 0.29) is 25.0 Å². The molecule has 0 saturated heterocycles. The van der Waals surface area contributed by atoms with Crippen molar-refractivity contribution in [1.29, 1.82) is 0 Å². The Bertz CT molecular complexity index is 1370. The van der Waals surface area contributed by atoms with Crippen LogP contribution in [0.15, 0.2) is 72.8 Å². The molecule has 5 heteroatoms. The third-order valence-corrected chi connectivity index (χ3v) is 16.7. The number of methoxy groups -OCH3 is 2. The maximum Gasteiger partial charge on any atom is 2.00 e. The summed E-state index contributed by atoms with van der Waals surface area (Å²) in [5.74, 6) is 2.03. The van der Waals surface area contributed by atoms with Crippen molar-refractivity contribution in [2.24, 2.45) is 0 Å². The SMILES string of the molecule is COc1c(C)cc(P(c2cc(C)c(OC)c(C)c2)c2ccc[c-]2C(C)P(C2CCCCC2)C2CCCCC2)cc1C.[Fe+2].c1cc[cH-]c1. The van der Waals surface area contributed by atoms with Gasteiger partial charge in [-0.1, -0.05) is 45.4 Å². The van der Waals surface area contributed by atoms with Crippen molar-refractivity contribution in [3.8, 4) is 11.5 Å². The van der Waals surface area contributed by atoms with Gasteiger partial charge in [-0.2, -0.15) is 24.3 Å². The third kappa shape index (κ3) is 9.03. The molecule has 2 nitrogen and oxygen atoms in total. The molecule has 4 aromatic rings. The van der Waals surface area contributed by atoms with Crippen LogP contribution < -0.4 is 25.4 Å². The van der Waals surface area contributed by atoms with Gasteiger partial charge in [-0.3, -0.25) is 0 Å². The fourth-order valence-electron chi connectivity index (χ4n) is 8.34. The maximum absolute atomic E-state index is 5.80. The summed E-state index contributed by atoms with van der Waals surface area (Å²) >= 11 is 0. The Morgan fingerprint density at radius 2 is 1.11 bits per heavy atom. The van der Waals surface area contributed by atoms with Gasteiger partial charge in [0.05, 0.1) is 14.2 Å². The molecule has 0 aromatic heterocycles. The second-order valence-corrected chi connectivity index (χ2v) is 18.9. The van der Waals surface area contributed by atoms with Crippen LogP contribution in [-0.4, -0.2) is 25.5 Å². The summed E-state index contributed by atoms with van der Waals surface area (Å²) in [6, 6.07) is 26.9. The zero-order valence-corrected chi connectivity index (χ0v) is 32.7. The molecule has 4 aromatic carbocycles. The van der Waals surface area contributed by atoms with Gasteiger partial charge < -0.3 is 9.47 Å². The summed E-state index contributed by atoms with van der Waals surface area (Å²) in [4.78, 5) is 0. The fraction of sp³-hybridized carbons (Fsp3) is 0.476. The molecule has 254 valence electrons.